The standard InChI is InChI=1S/C19H29N3O3.ClH/c1-13-9-14(2)18(15(3)10-13)22-12-16(11-17(22)23)19(24)21-6-5-20-7-8-25-4;/h9-10,16,20H,5-8,11-12H2,1-4H3,(H,21,24);1H. The van der Waals surface area contributed by atoms with Crippen molar-refractivity contribution in [3.8, 4) is 0 Å². The number of ether oxygens (including phenoxy) is 1. The quantitative estimate of drug-likeness (QED) is 0.671. The van der Waals surface area contributed by atoms with E-state index in [9.17, 15) is 9.59 Å². The topological polar surface area (TPSA) is 70.7 Å². The van der Waals surface area contributed by atoms with Crippen molar-refractivity contribution < 1.29 is 14.3 Å². The predicted molar refractivity (Wildman–Crippen MR) is 106 cm³/mol. The number of nitrogens with one attached hydrogen (secondary N) is 2. The molecule has 1 aromatic carbocycles. The smallest absolute Gasteiger partial charge is 0.227 e. The number of amides is 2. The number of halogens is 1. The number of nitrogens with zero attached hydrogens (tertiary/aromatic N) is 1. The number of hydrogen-bond donors (Lipinski definition) is 2. The fourth-order valence-electron chi connectivity index (χ4n) is 3.42. The fraction of sp³-hybridized carbons (Fsp3) is 0.579. The Morgan fingerprint density at radius 3 is 2.46 bits per heavy atom. The lowest BCUT2D eigenvalue weighted by atomic mass is 10.0. The monoisotopic (exact) mass is 383 g/mol. The Morgan fingerprint density at radius 2 is 1.85 bits per heavy atom. The van der Waals surface area contributed by atoms with Gasteiger partial charge in [-0.15, -0.1) is 12.4 Å². The molecule has 26 heavy (non-hydrogen) atoms. The van der Waals surface area contributed by atoms with Gasteiger partial charge >= 0.3 is 0 Å². The molecule has 1 atom stereocenters. The van der Waals surface area contributed by atoms with Crippen LogP contribution in [0.25, 0.3) is 0 Å². The maximum Gasteiger partial charge on any atom is 0.227 e. The summed E-state index contributed by atoms with van der Waals surface area (Å²) in [5.41, 5.74) is 4.29. The zero-order valence-electron chi connectivity index (χ0n) is 16.1. The number of benzene rings is 1. The van der Waals surface area contributed by atoms with E-state index >= 15 is 0 Å². The van der Waals surface area contributed by atoms with E-state index in [1.54, 1.807) is 12.0 Å². The third-order valence-corrected chi connectivity index (χ3v) is 4.49. The van der Waals surface area contributed by atoms with Crippen molar-refractivity contribution in [1.82, 2.24) is 10.6 Å². The number of anilines is 1. The van der Waals surface area contributed by atoms with E-state index in [0.717, 1.165) is 23.4 Å². The second-order valence-electron chi connectivity index (χ2n) is 6.69. The summed E-state index contributed by atoms with van der Waals surface area (Å²) in [7, 11) is 1.66. The molecule has 2 rings (SSSR count). The highest BCUT2D eigenvalue weighted by Crippen LogP contribution is 2.31. The summed E-state index contributed by atoms with van der Waals surface area (Å²) < 4.78 is 4.95. The van der Waals surface area contributed by atoms with E-state index < -0.39 is 0 Å². The summed E-state index contributed by atoms with van der Waals surface area (Å²) in [6.07, 6.45) is 0.274. The van der Waals surface area contributed by atoms with Gasteiger partial charge in [0.15, 0.2) is 0 Å². The number of methoxy groups -OCH3 is 1. The van der Waals surface area contributed by atoms with Gasteiger partial charge in [-0.1, -0.05) is 17.7 Å². The normalized spacial score (nSPS) is 16.5. The first-order chi connectivity index (χ1) is 11.9. The van der Waals surface area contributed by atoms with E-state index in [-0.39, 0.29) is 36.6 Å². The van der Waals surface area contributed by atoms with Crippen molar-refractivity contribution in [2.45, 2.75) is 27.2 Å². The number of carbonyl (C=O) groups excluding carboxylic acids is 2. The summed E-state index contributed by atoms with van der Waals surface area (Å²) in [6.45, 7) is 9.18. The van der Waals surface area contributed by atoms with Crippen LogP contribution in [0.15, 0.2) is 12.1 Å². The van der Waals surface area contributed by atoms with Crippen molar-refractivity contribution in [3.05, 3.63) is 28.8 Å². The predicted octanol–water partition coefficient (Wildman–Crippen LogP) is 1.74. The molecule has 2 amide bonds. The molecule has 2 N–H and O–H groups in total. The van der Waals surface area contributed by atoms with Crippen molar-refractivity contribution in [2.75, 3.05) is 44.8 Å². The van der Waals surface area contributed by atoms with Crippen LogP contribution in [0.3, 0.4) is 0 Å². The van der Waals surface area contributed by atoms with Crippen molar-refractivity contribution in [2.24, 2.45) is 5.92 Å². The number of carbonyl (C=O) groups is 2. The zero-order valence-corrected chi connectivity index (χ0v) is 16.9. The molecule has 0 spiro atoms. The van der Waals surface area contributed by atoms with Crippen LogP contribution < -0.4 is 15.5 Å². The molecule has 1 unspecified atom stereocenters. The molecule has 146 valence electrons. The molecule has 1 aromatic rings. The SMILES string of the molecule is COCCNCCNC(=O)C1CC(=O)N(c2c(C)cc(C)cc2C)C1.Cl. The largest absolute Gasteiger partial charge is 0.383 e. The number of rotatable bonds is 8. The van der Waals surface area contributed by atoms with Gasteiger partial charge < -0.3 is 20.3 Å². The summed E-state index contributed by atoms with van der Waals surface area (Å²) in [4.78, 5) is 26.6. The molecule has 1 fully saturated rings. The van der Waals surface area contributed by atoms with Crippen LogP contribution in [0.2, 0.25) is 0 Å². The molecule has 0 saturated carbocycles. The van der Waals surface area contributed by atoms with Gasteiger partial charge in [-0.2, -0.15) is 0 Å². The second kappa shape index (κ2) is 10.5. The van der Waals surface area contributed by atoms with Crippen LogP contribution in [0.4, 0.5) is 5.69 Å². The molecule has 1 aliphatic rings. The van der Waals surface area contributed by atoms with Crippen molar-refractivity contribution in [3.63, 3.8) is 0 Å². The van der Waals surface area contributed by atoms with Gasteiger partial charge in [0.25, 0.3) is 0 Å². The van der Waals surface area contributed by atoms with Gasteiger partial charge in [0.05, 0.1) is 12.5 Å². The van der Waals surface area contributed by atoms with Gasteiger partial charge in [-0.05, 0) is 31.9 Å². The van der Waals surface area contributed by atoms with Gasteiger partial charge in [0.2, 0.25) is 11.8 Å². The highest BCUT2D eigenvalue weighted by atomic mass is 35.5. The van der Waals surface area contributed by atoms with Gasteiger partial charge in [-0.25, -0.2) is 0 Å². The summed E-state index contributed by atoms with van der Waals surface area (Å²) in [5, 5.41) is 6.09. The molecular formula is C19H30ClN3O3. The Labute approximate surface area is 162 Å². The molecule has 0 radical (unpaired) electrons. The summed E-state index contributed by atoms with van der Waals surface area (Å²) >= 11 is 0. The highest BCUT2D eigenvalue weighted by Gasteiger charge is 2.36. The molecule has 7 heteroatoms. The zero-order chi connectivity index (χ0) is 18.4. The van der Waals surface area contributed by atoms with E-state index in [0.29, 0.717) is 26.2 Å². The lowest BCUT2D eigenvalue weighted by Crippen LogP contribution is -2.37. The maximum atomic E-state index is 12.4. The molecule has 0 bridgehead atoms. The Bertz CT molecular complexity index is 613. The third-order valence-electron chi connectivity index (χ3n) is 4.49. The van der Waals surface area contributed by atoms with E-state index in [2.05, 4.69) is 22.8 Å². The first-order valence-corrected chi connectivity index (χ1v) is 8.79. The van der Waals surface area contributed by atoms with Crippen LogP contribution in [-0.4, -0.2) is 51.7 Å². The molecule has 0 aromatic heterocycles. The van der Waals surface area contributed by atoms with Crippen LogP contribution >= 0.6 is 12.4 Å². The minimum atomic E-state index is -0.286. The minimum absolute atomic E-state index is 0. The first-order valence-electron chi connectivity index (χ1n) is 8.79. The minimum Gasteiger partial charge on any atom is -0.383 e. The molecule has 0 aliphatic carbocycles. The van der Waals surface area contributed by atoms with Crippen molar-refractivity contribution >= 4 is 29.9 Å². The van der Waals surface area contributed by atoms with E-state index in [1.165, 1.54) is 5.56 Å². The van der Waals surface area contributed by atoms with Gasteiger partial charge in [-0.3, -0.25) is 9.59 Å². The molecular weight excluding hydrogens is 354 g/mol. The summed E-state index contributed by atoms with van der Waals surface area (Å²) in [6, 6.07) is 4.16. The highest BCUT2D eigenvalue weighted by molar-refractivity contribution is 6.01. The van der Waals surface area contributed by atoms with Crippen LogP contribution in [-0.2, 0) is 14.3 Å². The maximum absolute atomic E-state index is 12.4. The second-order valence-corrected chi connectivity index (χ2v) is 6.69. The van der Waals surface area contributed by atoms with Gasteiger partial charge in [0.1, 0.15) is 0 Å². The average molecular weight is 384 g/mol. The van der Waals surface area contributed by atoms with Crippen LogP contribution in [0, 0.1) is 26.7 Å². The lowest BCUT2D eigenvalue weighted by Gasteiger charge is -2.22. The fourth-order valence-corrected chi connectivity index (χ4v) is 3.42. The third kappa shape index (κ3) is 5.69. The Hall–Kier alpha value is -1.63. The van der Waals surface area contributed by atoms with Crippen LogP contribution in [0.5, 0.6) is 0 Å². The molecule has 6 nitrogen and oxygen atoms in total. The first kappa shape index (κ1) is 22.4. The van der Waals surface area contributed by atoms with Gasteiger partial charge in [0, 0.05) is 45.4 Å². The Balaban J connectivity index is 0.00000338. The molecule has 1 saturated heterocycles. The average Bonchev–Trinajstić information content (AvgIpc) is 2.91. The lowest BCUT2D eigenvalue weighted by molar-refractivity contribution is -0.126. The Kier molecular flexibility index (Phi) is 9.05. The molecule has 1 heterocycles. The molecule has 1 aliphatic heterocycles. The number of aryl methyl sites for hydroxylation is 3. The van der Waals surface area contributed by atoms with E-state index in [4.69, 9.17) is 4.74 Å². The Morgan fingerprint density at radius 1 is 1.19 bits per heavy atom. The number of hydrogen-bond acceptors (Lipinski definition) is 4. The van der Waals surface area contributed by atoms with E-state index in [1.807, 2.05) is 20.8 Å². The van der Waals surface area contributed by atoms with Crippen LogP contribution in [0.1, 0.15) is 23.1 Å². The van der Waals surface area contributed by atoms with Crippen molar-refractivity contribution in [1.29, 1.82) is 0 Å². The summed E-state index contributed by atoms with van der Waals surface area (Å²) in [5.74, 6) is -0.313.